The van der Waals surface area contributed by atoms with Crippen LogP contribution in [-0.4, -0.2) is 37.3 Å². The summed E-state index contributed by atoms with van der Waals surface area (Å²) in [6.45, 7) is 5.96. The zero-order chi connectivity index (χ0) is 10.8. The molecule has 84 valence electrons. The van der Waals surface area contributed by atoms with Crippen LogP contribution in [0.3, 0.4) is 0 Å². The van der Waals surface area contributed by atoms with Crippen LogP contribution in [-0.2, 0) is 4.79 Å². The summed E-state index contributed by atoms with van der Waals surface area (Å²) in [5.41, 5.74) is 0. The molecule has 0 radical (unpaired) electrons. The summed E-state index contributed by atoms with van der Waals surface area (Å²) in [5.74, 6) is 0.238. The highest BCUT2D eigenvalue weighted by Crippen LogP contribution is 1.87. The van der Waals surface area contributed by atoms with E-state index in [1.807, 2.05) is 6.92 Å². The second kappa shape index (κ2) is 8.97. The third-order valence-electron chi connectivity index (χ3n) is 1.94. The van der Waals surface area contributed by atoms with Gasteiger partial charge in [0.2, 0.25) is 5.91 Å². The number of hydrogen-bond acceptors (Lipinski definition) is 3. The fraction of sp³-hybridized carbons (Fsp3) is 0.900. The van der Waals surface area contributed by atoms with E-state index < -0.39 is 0 Å². The van der Waals surface area contributed by atoms with Crippen LogP contribution < -0.4 is 10.6 Å². The predicted octanol–water partition coefficient (Wildman–Crippen LogP) is 0.121. The Hall–Kier alpha value is -0.610. The number of nitrogens with one attached hydrogen (secondary N) is 2. The van der Waals surface area contributed by atoms with Gasteiger partial charge in [-0.3, -0.25) is 4.79 Å². The normalized spacial score (nSPS) is 12.5. The lowest BCUT2D eigenvalue weighted by Gasteiger charge is -2.09. The average molecular weight is 202 g/mol. The largest absolute Gasteiger partial charge is 0.396 e. The van der Waals surface area contributed by atoms with Gasteiger partial charge in [-0.1, -0.05) is 20.3 Å². The molecule has 4 heteroatoms. The van der Waals surface area contributed by atoms with Crippen LogP contribution in [0, 0.1) is 5.92 Å². The first-order valence-electron chi connectivity index (χ1n) is 5.29. The highest BCUT2D eigenvalue weighted by Gasteiger charge is 2.02. The number of carbonyl (C=O) groups is 1. The molecule has 4 nitrogen and oxygen atoms in total. The van der Waals surface area contributed by atoms with E-state index in [-0.39, 0.29) is 18.4 Å². The van der Waals surface area contributed by atoms with Crippen molar-refractivity contribution in [3.63, 3.8) is 0 Å². The molecule has 14 heavy (non-hydrogen) atoms. The molecule has 0 saturated heterocycles. The Labute approximate surface area is 86.1 Å². The molecule has 0 aromatic carbocycles. The maximum absolute atomic E-state index is 11.2. The van der Waals surface area contributed by atoms with Crippen molar-refractivity contribution in [2.45, 2.75) is 26.7 Å². The highest BCUT2D eigenvalue weighted by molar-refractivity contribution is 5.77. The van der Waals surface area contributed by atoms with Crippen LogP contribution in [0.2, 0.25) is 0 Å². The first-order valence-corrected chi connectivity index (χ1v) is 5.29. The molecule has 1 unspecified atom stereocenters. The summed E-state index contributed by atoms with van der Waals surface area (Å²) in [7, 11) is 0. The van der Waals surface area contributed by atoms with Gasteiger partial charge in [0.1, 0.15) is 0 Å². The second-order valence-electron chi connectivity index (χ2n) is 3.62. The van der Waals surface area contributed by atoms with E-state index in [4.69, 9.17) is 5.11 Å². The molecule has 0 heterocycles. The fourth-order valence-electron chi connectivity index (χ4n) is 0.964. The quantitative estimate of drug-likeness (QED) is 0.490. The fourth-order valence-corrected chi connectivity index (χ4v) is 0.964. The van der Waals surface area contributed by atoms with E-state index in [0.717, 1.165) is 19.4 Å². The number of carbonyl (C=O) groups excluding carboxylic acids is 1. The van der Waals surface area contributed by atoms with E-state index in [0.29, 0.717) is 13.1 Å². The van der Waals surface area contributed by atoms with Crippen molar-refractivity contribution in [2.75, 3.05) is 26.2 Å². The Morgan fingerprint density at radius 3 is 2.79 bits per heavy atom. The standard InChI is InChI=1S/C10H22N2O2/c1-3-4-5-12-10(14)7-11-6-9(2)8-13/h9,11,13H,3-8H2,1-2H3,(H,12,14). The van der Waals surface area contributed by atoms with Crippen LogP contribution in [0.1, 0.15) is 26.7 Å². The minimum Gasteiger partial charge on any atom is -0.396 e. The summed E-state index contributed by atoms with van der Waals surface area (Å²) in [6, 6.07) is 0. The van der Waals surface area contributed by atoms with Crippen molar-refractivity contribution in [1.82, 2.24) is 10.6 Å². The monoisotopic (exact) mass is 202 g/mol. The second-order valence-corrected chi connectivity index (χ2v) is 3.62. The third kappa shape index (κ3) is 8.01. The number of unbranched alkanes of at least 4 members (excludes halogenated alkanes) is 1. The lowest BCUT2D eigenvalue weighted by atomic mass is 10.2. The van der Waals surface area contributed by atoms with Gasteiger partial charge < -0.3 is 15.7 Å². The zero-order valence-corrected chi connectivity index (χ0v) is 9.18. The molecule has 0 rings (SSSR count). The van der Waals surface area contributed by atoms with E-state index in [2.05, 4.69) is 17.6 Å². The molecule has 0 aliphatic rings. The van der Waals surface area contributed by atoms with Crippen molar-refractivity contribution in [2.24, 2.45) is 5.92 Å². The third-order valence-corrected chi connectivity index (χ3v) is 1.94. The first-order chi connectivity index (χ1) is 6.70. The molecule has 1 amide bonds. The SMILES string of the molecule is CCCCNC(=O)CNCC(C)CO. The van der Waals surface area contributed by atoms with Gasteiger partial charge in [-0.25, -0.2) is 0 Å². The number of rotatable bonds is 8. The van der Waals surface area contributed by atoms with Gasteiger partial charge in [0.25, 0.3) is 0 Å². The Kier molecular flexibility index (Phi) is 8.57. The van der Waals surface area contributed by atoms with E-state index in [1.165, 1.54) is 0 Å². The van der Waals surface area contributed by atoms with Crippen LogP contribution >= 0.6 is 0 Å². The Balaban J connectivity index is 3.26. The molecular formula is C10H22N2O2. The van der Waals surface area contributed by atoms with Crippen molar-refractivity contribution in [3.8, 4) is 0 Å². The zero-order valence-electron chi connectivity index (χ0n) is 9.18. The van der Waals surface area contributed by atoms with Crippen LogP contribution in [0.4, 0.5) is 0 Å². The van der Waals surface area contributed by atoms with Gasteiger partial charge in [-0.2, -0.15) is 0 Å². The summed E-state index contributed by atoms with van der Waals surface area (Å²) >= 11 is 0. The van der Waals surface area contributed by atoms with Gasteiger partial charge in [-0.15, -0.1) is 0 Å². The minimum absolute atomic E-state index is 0.0311. The molecule has 0 saturated carbocycles. The van der Waals surface area contributed by atoms with Gasteiger partial charge in [0.15, 0.2) is 0 Å². The number of aliphatic hydroxyl groups excluding tert-OH is 1. The van der Waals surface area contributed by atoms with Crippen LogP contribution in [0.5, 0.6) is 0 Å². The molecule has 0 aromatic rings. The molecule has 0 bridgehead atoms. The minimum atomic E-state index is 0.0311. The molecular weight excluding hydrogens is 180 g/mol. The summed E-state index contributed by atoms with van der Waals surface area (Å²) < 4.78 is 0. The van der Waals surface area contributed by atoms with Crippen molar-refractivity contribution in [3.05, 3.63) is 0 Å². The molecule has 3 N–H and O–H groups in total. The molecule has 0 aliphatic carbocycles. The summed E-state index contributed by atoms with van der Waals surface area (Å²) in [4.78, 5) is 11.2. The first kappa shape index (κ1) is 13.4. The van der Waals surface area contributed by atoms with E-state index in [1.54, 1.807) is 0 Å². The Morgan fingerprint density at radius 1 is 1.50 bits per heavy atom. The Bertz CT molecular complexity index is 151. The molecule has 0 spiro atoms. The van der Waals surface area contributed by atoms with Gasteiger partial charge in [0.05, 0.1) is 6.54 Å². The van der Waals surface area contributed by atoms with Crippen molar-refractivity contribution >= 4 is 5.91 Å². The molecule has 0 aromatic heterocycles. The molecule has 0 fully saturated rings. The summed E-state index contributed by atoms with van der Waals surface area (Å²) in [5, 5.41) is 14.5. The summed E-state index contributed by atoms with van der Waals surface area (Å²) in [6.07, 6.45) is 2.12. The lowest BCUT2D eigenvalue weighted by Crippen LogP contribution is -2.36. The Morgan fingerprint density at radius 2 is 2.21 bits per heavy atom. The maximum Gasteiger partial charge on any atom is 0.233 e. The lowest BCUT2D eigenvalue weighted by molar-refractivity contribution is -0.120. The van der Waals surface area contributed by atoms with Crippen LogP contribution in [0.25, 0.3) is 0 Å². The number of amides is 1. The highest BCUT2D eigenvalue weighted by atomic mass is 16.3. The maximum atomic E-state index is 11.2. The molecule has 0 aliphatic heterocycles. The van der Waals surface area contributed by atoms with Crippen molar-refractivity contribution in [1.29, 1.82) is 0 Å². The van der Waals surface area contributed by atoms with Crippen LogP contribution in [0.15, 0.2) is 0 Å². The number of aliphatic hydroxyl groups is 1. The van der Waals surface area contributed by atoms with Gasteiger partial charge in [0, 0.05) is 19.7 Å². The smallest absolute Gasteiger partial charge is 0.233 e. The predicted molar refractivity (Wildman–Crippen MR) is 57.0 cm³/mol. The molecule has 1 atom stereocenters. The van der Waals surface area contributed by atoms with E-state index in [9.17, 15) is 4.79 Å². The van der Waals surface area contributed by atoms with Gasteiger partial charge in [-0.05, 0) is 12.3 Å². The van der Waals surface area contributed by atoms with Crippen molar-refractivity contribution < 1.29 is 9.90 Å². The number of hydrogen-bond donors (Lipinski definition) is 3. The van der Waals surface area contributed by atoms with Gasteiger partial charge >= 0.3 is 0 Å². The average Bonchev–Trinajstić information content (AvgIpc) is 2.18. The van der Waals surface area contributed by atoms with E-state index >= 15 is 0 Å². The topological polar surface area (TPSA) is 61.4 Å².